The predicted octanol–water partition coefficient (Wildman–Crippen LogP) is 3.67. The van der Waals surface area contributed by atoms with Crippen molar-refractivity contribution in [2.24, 2.45) is 0 Å². The van der Waals surface area contributed by atoms with Crippen LogP contribution in [0.5, 0.6) is 0 Å². The first-order valence-corrected chi connectivity index (χ1v) is 7.34. The Morgan fingerprint density at radius 3 is 2.59 bits per heavy atom. The standard InChI is InChI=1S/C13H24N3S/c1-3-4-5-6-7-8-10-16(17-12-14)11-9-15(2)13-16/h9,11H,3-8,10,13H2,1-2H3/q+1. The van der Waals surface area contributed by atoms with Gasteiger partial charge in [0.05, 0.1) is 12.7 Å². The first kappa shape index (κ1) is 14.4. The monoisotopic (exact) mass is 254 g/mol. The molecule has 96 valence electrons. The molecular formula is C13H24N3S+. The highest BCUT2D eigenvalue weighted by Crippen LogP contribution is 2.29. The predicted molar refractivity (Wildman–Crippen MR) is 73.5 cm³/mol. The Balaban J connectivity index is 2.23. The van der Waals surface area contributed by atoms with Crippen LogP contribution in [-0.4, -0.2) is 29.0 Å². The van der Waals surface area contributed by atoms with Crippen molar-refractivity contribution in [1.82, 2.24) is 4.90 Å². The summed E-state index contributed by atoms with van der Waals surface area (Å²) >= 11 is 1.37. The molecule has 1 rings (SSSR count). The number of hydrogen-bond acceptors (Lipinski definition) is 3. The van der Waals surface area contributed by atoms with Crippen LogP contribution in [0.2, 0.25) is 0 Å². The second kappa shape index (κ2) is 7.62. The maximum atomic E-state index is 8.90. The normalized spacial score (nSPS) is 23.0. The topological polar surface area (TPSA) is 27.0 Å². The van der Waals surface area contributed by atoms with Crippen LogP contribution >= 0.6 is 11.9 Å². The average Bonchev–Trinajstić information content (AvgIpc) is 2.66. The maximum absolute atomic E-state index is 8.90. The Morgan fingerprint density at radius 1 is 1.29 bits per heavy atom. The van der Waals surface area contributed by atoms with Crippen LogP contribution in [0.1, 0.15) is 45.4 Å². The van der Waals surface area contributed by atoms with Crippen molar-refractivity contribution in [3.63, 3.8) is 0 Å². The Labute approximate surface area is 110 Å². The van der Waals surface area contributed by atoms with Crippen LogP contribution in [0, 0.1) is 10.7 Å². The van der Waals surface area contributed by atoms with Gasteiger partial charge in [-0.05, 0) is 12.8 Å². The lowest BCUT2D eigenvalue weighted by Crippen LogP contribution is -2.37. The molecule has 0 amide bonds. The Hall–Kier alpha value is -0.660. The number of nitriles is 1. The van der Waals surface area contributed by atoms with E-state index in [1.165, 1.54) is 50.5 Å². The third-order valence-corrected chi connectivity index (χ3v) is 4.03. The van der Waals surface area contributed by atoms with Gasteiger partial charge in [0.25, 0.3) is 0 Å². The van der Waals surface area contributed by atoms with Crippen molar-refractivity contribution in [1.29, 1.82) is 5.26 Å². The highest BCUT2D eigenvalue weighted by atomic mass is 32.2. The fraction of sp³-hybridized carbons (Fsp3) is 0.769. The molecule has 0 saturated heterocycles. The van der Waals surface area contributed by atoms with Crippen LogP contribution in [0.3, 0.4) is 0 Å². The molecule has 0 aromatic heterocycles. The number of unbranched alkanes of at least 4 members (excludes halogenated alkanes) is 5. The van der Waals surface area contributed by atoms with Crippen LogP contribution in [0.25, 0.3) is 0 Å². The van der Waals surface area contributed by atoms with Gasteiger partial charge in [-0.25, -0.2) is 3.89 Å². The van der Waals surface area contributed by atoms with Gasteiger partial charge in [-0.1, -0.05) is 32.6 Å². The van der Waals surface area contributed by atoms with E-state index in [1.54, 1.807) is 0 Å². The second-order valence-corrected chi connectivity index (χ2v) is 5.92. The Bertz CT molecular complexity index is 285. The zero-order valence-corrected chi connectivity index (χ0v) is 11.9. The molecule has 1 aliphatic rings. The molecule has 0 bridgehead atoms. The molecule has 0 saturated carbocycles. The first-order chi connectivity index (χ1) is 8.22. The van der Waals surface area contributed by atoms with Crippen molar-refractivity contribution in [2.75, 3.05) is 20.3 Å². The van der Waals surface area contributed by atoms with Gasteiger partial charge in [-0.2, -0.15) is 5.26 Å². The summed E-state index contributed by atoms with van der Waals surface area (Å²) in [4.78, 5) is 2.15. The van der Waals surface area contributed by atoms with Gasteiger partial charge in [0.2, 0.25) is 11.9 Å². The van der Waals surface area contributed by atoms with Gasteiger partial charge >= 0.3 is 0 Å². The number of nitrogens with zero attached hydrogens (tertiary/aromatic N) is 3. The van der Waals surface area contributed by atoms with E-state index in [2.05, 4.69) is 36.7 Å². The molecule has 1 unspecified atom stereocenters. The Morgan fingerprint density at radius 2 is 2.00 bits per heavy atom. The zero-order chi connectivity index (χ0) is 12.6. The van der Waals surface area contributed by atoms with Crippen molar-refractivity contribution in [2.45, 2.75) is 45.4 Å². The number of quaternary nitrogens is 1. The second-order valence-electron chi connectivity index (χ2n) is 4.82. The number of hydrogen-bond donors (Lipinski definition) is 0. The van der Waals surface area contributed by atoms with Crippen molar-refractivity contribution >= 4 is 11.9 Å². The van der Waals surface area contributed by atoms with E-state index in [-0.39, 0.29) is 0 Å². The van der Waals surface area contributed by atoms with Crippen molar-refractivity contribution in [3.05, 3.63) is 12.4 Å². The number of thiocyanates is 1. The summed E-state index contributed by atoms with van der Waals surface area (Å²) in [5.74, 6) is 0. The lowest BCUT2D eigenvalue weighted by Gasteiger charge is -2.26. The molecule has 1 heterocycles. The summed E-state index contributed by atoms with van der Waals surface area (Å²) in [5.41, 5.74) is 0. The SMILES string of the molecule is CCCCCCCC[N+]1(SC#N)C=CN(C)C1. The highest BCUT2D eigenvalue weighted by molar-refractivity contribution is 7.98. The smallest absolute Gasteiger partial charge is 0.202 e. The number of rotatable bonds is 8. The van der Waals surface area contributed by atoms with E-state index in [9.17, 15) is 0 Å². The summed E-state index contributed by atoms with van der Waals surface area (Å²) in [7, 11) is 2.07. The molecule has 0 aliphatic carbocycles. The minimum absolute atomic E-state index is 0.751. The van der Waals surface area contributed by atoms with E-state index in [0.29, 0.717) is 0 Å². The molecular weight excluding hydrogens is 230 g/mol. The van der Waals surface area contributed by atoms with E-state index in [4.69, 9.17) is 5.26 Å². The first-order valence-electron chi connectivity index (χ1n) is 6.56. The molecule has 4 heteroatoms. The van der Waals surface area contributed by atoms with E-state index in [0.717, 1.165) is 17.1 Å². The third-order valence-electron chi connectivity index (χ3n) is 3.17. The molecule has 0 fully saturated rings. The van der Waals surface area contributed by atoms with Crippen LogP contribution in [0.15, 0.2) is 12.4 Å². The molecule has 3 nitrogen and oxygen atoms in total. The molecule has 0 aromatic carbocycles. The molecule has 0 spiro atoms. The summed E-state index contributed by atoms with van der Waals surface area (Å²) in [6.07, 6.45) is 12.1. The molecule has 1 aliphatic heterocycles. The molecule has 0 aromatic rings. The third kappa shape index (κ3) is 5.01. The lowest BCUT2D eigenvalue weighted by molar-refractivity contribution is -0.742. The van der Waals surface area contributed by atoms with E-state index < -0.39 is 0 Å². The van der Waals surface area contributed by atoms with Gasteiger partial charge in [-0.3, -0.25) is 0 Å². The van der Waals surface area contributed by atoms with Gasteiger partial charge in [0.15, 0.2) is 12.1 Å². The minimum Gasteiger partial charge on any atom is -0.328 e. The van der Waals surface area contributed by atoms with Crippen molar-refractivity contribution < 1.29 is 3.89 Å². The molecule has 0 N–H and O–H groups in total. The van der Waals surface area contributed by atoms with Crippen LogP contribution in [0.4, 0.5) is 0 Å². The summed E-state index contributed by atoms with van der Waals surface area (Å²) in [6, 6.07) is 0. The molecule has 0 radical (unpaired) electrons. The largest absolute Gasteiger partial charge is 0.328 e. The van der Waals surface area contributed by atoms with E-state index in [1.807, 2.05) is 0 Å². The summed E-state index contributed by atoms with van der Waals surface area (Å²) < 4.78 is 0.751. The average molecular weight is 254 g/mol. The maximum Gasteiger partial charge on any atom is 0.202 e. The quantitative estimate of drug-likeness (QED) is 0.286. The molecule has 1 atom stereocenters. The zero-order valence-electron chi connectivity index (χ0n) is 11.1. The minimum atomic E-state index is 0.751. The highest BCUT2D eigenvalue weighted by Gasteiger charge is 2.32. The van der Waals surface area contributed by atoms with Gasteiger partial charge in [0, 0.05) is 7.05 Å². The summed E-state index contributed by atoms with van der Waals surface area (Å²) in [6.45, 7) is 4.24. The summed E-state index contributed by atoms with van der Waals surface area (Å²) in [5, 5.41) is 11.1. The van der Waals surface area contributed by atoms with Crippen molar-refractivity contribution in [3.8, 4) is 5.40 Å². The Kier molecular flexibility index (Phi) is 6.46. The van der Waals surface area contributed by atoms with Gasteiger partial charge in [0.1, 0.15) is 6.20 Å². The van der Waals surface area contributed by atoms with Gasteiger partial charge < -0.3 is 4.90 Å². The van der Waals surface area contributed by atoms with Crippen LogP contribution in [-0.2, 0) is 0 Å². The lowest BCUT2D eigenvalue weighted by atomic mass is 10.1. The fourth-order valence-electron chi connectivity index (χ4n) is 2.20. The molecule has 17 heavy (non-hydrogen) atoms. The van der Waals surface area contributed by atoms with Gasteiger partial charge in [-0.15, -0.1) is 0 Å². The fourth-order valence-corrected chi connectivity index (χ4v) is 2.94. The van der Waals surface area contributed by atoms with E-state index >= 15 is 0 Å². The van der Waals surface area contributed by atoms with Crippen LogP contribution < -0.4 is 0 Å².